The normalized spacial score (nSPS) is 10.5. The van der Waals surface area contributed by atoms with E-state index in [-0.39, 0.29) is 0 Å². The highest BCUT2D eigenvalue weighted by atomic mass is 32.2. The Hall–Kier alpha value is -3.41. The monoisotopic (exact) mass is 416 g/mol. The number of pyridine rings is 1. The van der Waals surface area contributed by atoms with Crippen molar-refractivity contribution in [3.8, 4) is 27.8 Å². The van der Waals surface area contributed by atoms with Crippen molar-refractivity contribution < 1.29 is 0 Å². The second-order valence-electron chi connectivity index (χ2n) is 6.04. The fraction of sp³-hybridized carbons (Fsp3) is 0.0476. The number of thioether (sulfide) groups is 1. The molecule has 0 unspecified atom stereocenters. The lowest BCUT2D eigenvalue weighted by Gasteiger charge is -2.08. The summed E-state index contributed by atoms with van der Waals surface area (Å²) in [7, 11) is 0. The van der Waals surface area contributed by atoms with Crippen molar-refractivity contribution in [2.75, 3.05) is 17.3 Å². The first kappa shape index (κ1) is 18.9. The van der Waals surface area contributed by atoms with Crippen LogP contribution in [-0.2, 0) is 0 Å². The van der Waals surface area contributed by atoms with Gasteiger partial charge in [0.05, 0.1) is 20.3 Å². The lowest BCUT2D eigenvalue weighted by Crippen LogP contribution is -1.98. The molecular weight excluding hydrogens is 400 g/mol. The zero-order chi connectivity index (χ0) is 20.2. The van der Waals surface area contributed by atoms with Crippen molar-refractivity contribution in [1.29, 1.82) is 5.26 Å². The molecule has 0 aliphatic heterocycles. The van der Waals surface area contributed by atoms with Gasteiger partial charge < -0.3 is 11.1 Å². The molecule has 0 spiro atoms. The van der Waals surface area contributed by atoms with E-state index in [1.807, 2.05) is 48.7 Å². The zero-order valence-corrected chi connectivity index (χ0v) is 17.1. The molecule has 0 bridgehead atoms. The smallest absolute Gasteiger partial charge is 0.227 e. The first-order valence-corrected chi connectivity index (χ1v) is 10.7. The molecule has 0 saturated heterocycles. The highest BCUT2D eigenvalue weighted by Crippen LogP contribution is 2.45. The molecule has 0 atom stereocenters. The summed E-state index contributed by atoms with van der Waals surface area (Å²) in [6.07, 6.45) is 7.16. The molecule has 0 aliphatic rings. The van der Waals surface area contributed by atoms with E-state index in [9.17, 15) is 5.26 Å². The molecule has 0 amide bonds. The number of nitrogens with one attached hydrogen (secondary N) is 1. The van der Waals surface area contributed by atoms with Crippen LogP contribution in [0, 0.1) is 11.3 Å². The summed E-state index contributed by atoms with van der Waals surface area (Å²) in [5.41, 5.74) is 10.4. The predicted molar refractivity (Wildman–Crippen MR) is 119 cm³/mol. The van der Waals surface area contributed by atoms with Gasteiger partial charge in [-0.1, -0.05) is 12.1 Å². The number of aromatic nitrogens is 3. The molecule has 0 saturated carbocycles. The Morgan fingerprint density at radius 2 is 2.07 bits per heavy atom. The summed E-state index contributed by atoms with van der Waals surface area (Å²) in [5, 5.41) is 13.0. The maximum Gasteiger partial charge on any atom is 0.227 e. The van der Waals surface area contributed by atoms with Crippen LogP contribution in [0.3, 0.4) is 0 Å². The molecule has 0 fully saturated rings. The molecular formula is C21H16N6S2. The molecule has 1 aromatic carbocycles. The number of hydrogen-bond acceptors (Lipinski definition) is 8. The largest absolute Gasteiger partial charge is 0.399 e. The van der Waals surface area contributed by atoms with E-state index in [2.05, 4.69) is 26.3 Å². The maximum atomic E-state index is 9.79. The van der Waals surface area contributed by atoms with Crippen LogP contribution in [0.25, 0.3) is 21.7 Å². The van der Waals surface area contributed by atoms with Crippen LogP contribution in [0.5, 0.6) is 0 Å². The van der Waals surface area contributed by atoms with Gasteiger partial charge in [0.1, 0.15) is 6.07 Å². The minimum Gasteiger partial charge on any atom is -0.399 e. The topological polar surface area (TPSA) is 101 Å². The average molecular weight is 417 g/mol. The van der Waals surface area contributed by atoms with Crippen LogP contribution in [0.4, 0.5) is 17.3 Å². The molecule has 4 rings (SSSR count). The molecule has 3 aromatic heterocycles. The van der Waals surface area contributed by atoms with Crippen LogP contribution >= 0.6 is 23.1 Å². The lowest BCUT2D eigenvalue weighted by atomic mass is 10.0. The summed E-state index contributed by atoms with van der Waals surface area (Å²) in [5.74, 6) is 0.461. The molecule has 0 radical (unpaired) electrons. The van der Waals surface area contributed by atoms with Gasteiger partial charge in [-0.25, -0.2) is 9.97 Å². The SMILES string of the molecule is CSc1sc(-c2ccnc(Nc3cccc(N)c3)n2)c(-c2cccnc2)c1C#N. The van der Waals surface area contributed by atoms with Crippen molar-refractivity contribution in [1.82, 2.24) is 15.0 Å². The fourth-order valence-corrected chi connectivity index (χ4v) is 4.82. The number of rotatable bonds is 5. The van der Waals surface area contributed by atoms with Gasteiger partial charge in [0.15, 0.2) is 0 Å². The van der Waals surface area contributed by atoms with Crippen molar-refractivity contribution >= 4 is 40.4 Å². The molecule has 8 heteroatoms. The Morgan fingerprint density at radius 1 is 1.17 bits per heavy atom. The summed E-state index contributed by atoms with van der Waals surface area (Å²) in [6, 6.07) is 15.4. The van der Waals surface area contributed by atoms with Crippen LogP contribution < -0.4 is 11.1 Å². The number of hydrogen-bond donors (Lipinski definition) is 2. The van der Waals surface area contributed by atoms with Gasteiger partial charge in [0.25, 0.3) is 0 Å². The molecule has 6 nitrogen and oxygen atoms in total. The van der Waals surface area contributed by atoms with Crippen molar-refractivity contribution in [2.24, 2.45) is 0 Å². The third-order valence-electron chi connectivity index (χ3n) is 4.15. The van der Waals surface area contributed by atoms with Crippen molar-refractivity contribution in [3.63, 3.8) is 0 Å². The number of nitriles is 1. The number of thiophene rings is 1. The van der Waals surface area contributed by atoms with Crippen molar-refractivity contribution in [3.05, 3.63) is 66.6 Å². The van der Waals surface area contributed by atoms with Gasteiger partial charge in [-0.2, -0.15) is 5.26 Å². The molecule has 3 N–H and O–H groups in total. The Balaban J connectivity index is 1.81. The van der Waals surface area contributed by atoms with Gasteiger partial charge in [0.2, 0.25) is 5.95 Å². The van der Waals surface area contributed by atoms with E-state index in [1.54, 1.807) is 41.7 Å². The minimum absolute atomic E-state index is 0.461. The van der Waals surface area contributed by atoms with Crippen LogP contribution in [0.1, 0.15) is 5.56 Å². The number of nitrogens with zero attached hydrogens (tertiary/aromatic N) is 4. The van der Waals surface area contributed by atoms with Gasteiger partial charge in [-0.05, 0) is 36.6 Å². The Labute approximate surface area is 176 Å². The minimum atomic E-state index is 0.461. The average Bonchev–Trinajstić information content (AvgIpc) is 3.13. The molecule has 142 valence electrons. The number of nitrogens with two attached hydrogens (primary N) is 1. The summed E-state index contributed by atoms with van der Waals surface area (Å²) in [6.45, 7) is 0. The van der Waals surface area contributed by atoms with Gasteiger partial charge in [0, 0.05) is 41.1 Å². The summed E-state index contributed by atoms with van der Waals surface area (Å²) < 4.78 is 0.949. The predicted octanol–water partition coefficient (Wildman–Crippen LogP) is 5.19. The Bertz CT molecular complexity index is 1200. The van der Waals surface area contributed by atoms with Crippen LogP contribution in [0.15, 0.2) is 65.3 Å². The van der Waals surface area contributed by atoms with E-state index in [0.29, 0.717) is 17.2 Å². The van der Waals surface area contributed by atoms with E-state index in [4.69, 9.17) is 5.73 Å². The van der Waals surface area contributed by atoms with Crippen molar-refractivity contribution in [2.45, 2.75) is 4.21 Å². The van der Waals surface area contributed by atoms with E-state index in [0.717, 1.165) is 31.6 Å². The number of nitrogen functional groups attached to an aromatic ring is 1. The highest BCUT2D eigenvalue weighted by Gasteiger charge is 2.21. The Morgan fingerprint density at radius 3 is 2.79 bits per heavy atom. The number of benzene rings is 1. The summed E-state index contributed by atoms with van der Waals surface area (Å²) in [4.78, 5) is 14.1. The van der Waals surface area contributed by atoms with Gasteiger partial charge in [-0.15, -0.1) is 23.1 Å². The van der Waals surface area contributed by atoms with E-state index >= 15 is 0 Å². The first-order valence-electron chi connectivity index (χ1n) is 8.67. The van der Waals surface area contributed by atoms with Crippen LogP contribution in [0.2, 0.25) is 0 Å². The lowest BCUT2D eigenvalue weighted by molar-refractivity contribution is 1.17. The van der Waals surface area contributed by atoms with E-state index < -0.39 is 0 Å². The quantitative estimate of drug-likeness (QED) is 0.341. The molecule has 4 aromatic rings. The zero-order valence-electron chi connectivity index (χ0n) is 15.5. The van der Waals surface area contributed by atoms with Crippen LogP contribution in [-0.4, -0.2) is 21.2 Å². The standard InChI is InChI=1S/C21H16N6S2/c1-28-20-16(11-22)18(13-4-3-8-24-12-13)19(29-20)17-7-9-25-21(27-17)26-15-6-2-5-14(23)10-15/h2-10,12H,23H2,1H3,(H,25,26,27). The fourth-order valence-electron chi connectivity index (χ4n) is 2.91. The number of anilines is 3. The van der Waals surface area contributed by atoms with Gasteiger partial charge >= 0.3 is 0 Å². The third-order valence-corrected chi connectivity index (χ3v) is 6.49. The third kappa shape index (κ3) is 3.92. The molecule has 3 heterocycles. The molecule has 0 aliphatic carbocycles. The highest BCUT2D eigenvalue weighted by molar-refractivity contribution is 8.00. The van der Waals surface area contributed by atoms with Gasteiger partial charge in [-0.3, -0.25) is 4.98 Å². The van der Waals surface area contributed by atoms with E-state index in [1.165, 1.54) is 0 Å². The second kappa shape index (κ2) is 8.31. The second-order valence-corrected chi connectivity index (χ2v) is 8.14. The summed E-state index contributed by atoms with van der Waals surface area (Å²) >= 11 is 3.11. The first-order chi connectivity index (χ1) is 14.2. The Kier molecular flexibility index (Phi) is 5.42. The molecule has 29 heavy (non-hydrogen) atoms. The maximum absolute atomic E-state index is 9.79.